The molecular formula is C11H24N2. The summed E-state index contributed by atoms with van der Waals surface area (Å²) in [7, 11) is 0. The Morgan fingerprint density at radius 1 is 1.31 bits per heavy atom. The van der Waals surface area contributed by atoms with Gasteiger partial charge in [-0.3, -0.25) is 0 Å². The lowest BCUT2D eigenvalue weighted by Crippen LogP contribution is -2.50. The molecule has 0 radical (unpaired) electrons. The van der Waals surface area contributed by atoms with Crippen molar-refractivity contribution in [3.63, 3.8) is 0 Å². The highest BCUT2D eigenvalue weighted by atomic mass is 15.2. The van der Waals surface area contributed by atoms with Crippen LogP contribution in [0.25, 0.3) is 0 Å². The quantitative estimate of drug-likeness (QED) is 0.701. The fraction of sp³-hybridized carbons (Fsp3) is 1.00. The molecule has 0 bridgehead atoms. The van der Waals surface area contributed by atoms with Crippen LogP contribution in [0.15, 0.2) is 0 Å². The summed E-state index contributed by atoms with van der Waals surface area (Å²) < 4.78 is 0. The fourth-order valence-corrected chi connectivity index (χ4v) is 2.02. The molecule has 0 amide bonds. The van der Waals surface area contributed by atoms with Gasteiger partial charge in [0.25, 0.3) is 0 Å². The third-order valence-electron chi connectivity index (χ3n) is 2.80. The van der Waals surface area contributed by atoms with E-state index in [0.717, 1.165) is 6.04 Å². The van der Waals surface area contributed by atoms with Crippen molar-refractivity contribution >= 4 is 0 Å². The standard InChI is InChI=1S/C11H24N2/c1-3-5-8-13-9-7-12-11(10-13)6-4-2/h11-12H,3-10H2,1-2H3. The summed E-state index contributed by atoms with van der Waals surface area (Å²) in [5.74, 6) is 0. The number of hydrogen-bond donors (Lipinski definition) is 1. The van der Waals surface area contributed by atoms with Crippen LogP contribution in [-0.2, 0) is 0 Å². The molecule has 0 aromatic carbocycles. The van der Waals surface area contributed by atoms with Crippen molar-refractivity contribution in [2.45, 2.75) is 45.6 Å². The van der Waals surface area contributed by atoms with E-state index in [2.05, 4.69) is 24.1 Å². The topological polar surface area (TPSA) is 15.3 Å². The van der Waals surface area contributed by atoms with Crippen molar-refractivity contribution in [3.8, 4) is 0 Å². The highest BCUT2D eigenvalue weighted by molar-refractivity contribution is 4.77. The molecule has 1 saturated heterocycles. The molecule has 1 aliphatic heterocycles. The number of nitrogens with one attached hydrogen (secondary N) is 1. The molecule has 1 aliphatic rings. The first-order chi connectivity index (χ1) is 6.36. The largest absolute Gasteiger partial charge is 0.311 e. The second-order valence-corrected chi connectivity index (χ2v) is 4.09. The van der Waals surface area contributed by atoms with Gasteiger partial charge in [0.2, 0.25) is 0 Å². The van der Waals surface area contributed by atoms with E-state index in [1.54, 1.807) is 0 Å². The molecule has 1 N–H and O–H groups in total. The second-order valence-electron chi connectivity index (χ2n) is 4.09. The summed E-state index contributed by atoms with van der Waals surface area (Å²) >= 11 is 0. The second kappa shape index (κ2) is 6.39. The van der Waals surface area contributed by atoms with Crippen molar-refractivity contribution in [2.24, 2.45) is 0 Å². The Balaban J connectivity index is 2.16. The first-order valence-corrected chi connectivity index (χ1v) is 5.82. The molecule has 1 fully saturated rings. The average Bonchev–Trinajstić information content (AvgIpc) is 2.16. The third-order valence-corrected chi connectivity index (χ3v) is 2.80. The third kappa shape index (κ3) is 4.10. The van der Waals surface area contributed by atoms with E-state index in [1.807, 2.05) is 0 Å². The van der Waals surface area contributed by atoms with Gasteiger partial charge < -0.3 is 10.2 Å². The minimum Gasteiger partial charge on any atom is -0.311 e. The summed E-state index contributed by atoms with van der Waals surface area (Å²) in [5, 5.41) is 3.58. The number of unbranched alkanes of at least 4 members (excludes halogenated alkanes) is 1. The van der Waals surface area contributed by atoms with E-state index in [0.29, 0.717) is 0 Å². The average molecular weight is 184 g/mol. The lowest BCUT2D eigenvalue weighted by Gasteiger charge is -2.33. The summed E-state index contributed by atoms with van der Waals surface area (Å²) in [4.78, 5) is 2.61. The zero-order valence-electron chi connectivity index (χ0n) is 9.18. The molecule has 1 atom stereocenters. The van der Waals surface area contributed by atoms with Crippen LogP contribution >= 0.6 is 0 Å². The zero-order chi connectivity index (χ0) is 9.52. The molecule has 2 nitrogen and oxygen atoms in total. The summed E-state index contributed by atoms with van der Waals surface area (Å²) in [6, 6.07) is 0.760. The SMILES string of the molecule is CCCCN1CCNC(CCC)C1. The van der Waals surface area contributed by atoms with Crippen molar-refractivity contribution < 1.29 is 0 Å². The van der Waals surface area contributed by atoms with Crippen LogP contribution in [0.3, 0.4) is 0 Å². The van der Waals surface area contributed by atoms with E-state index in [-0.39, 0.29) is 0 Å². The van der Waals surface area contributed by atoms with Gasteiger partial charge in [0.05, 0.1) is 0 Å². The lowest BCUT2D eigenvalue weighted by atomic mass is 10.1. The van der Waals surface area contributed by atoms with Gasteiger partial charge in [0, 0.05) is 25.7 Å². The normalized spacial score (nSPS) is 24.9. The summed E-state index contributed by atoms with van der Waals surface area (Å²) in [5.41, 5.74) is 0. The van der Waals surface area contributed by atoms with Crippen LogP contribution in [0, 0.1) is 0 Å². The Kier molecular flexibility index (Phi) is 5.40. The highest BCUT2D eigenvalue weighted by Crippen LogP contribution is 2.05. The van der Waals surface area contributed by atoms with Crippen molar-refractivity contribution in [1.82, 2.24) is 10.2 Å². The van der Waals surface area contributed by atoms with Crippen LogP contribution in [-0.4, -0.2) is 37.1 Å². The van der Waals surface area contributed by atoms with Gasteiger partial charge in [-0.15, -0.1) is 0 Å². The molecule has 0 aromatic rings. The first kappa shape index (κ1) is 11.0. The maximum Gasteiger partial charge on any atom is 0.0195 e. The smallest absolute Gasteiger partial charge is 0.0195 e. The van der Waals surface area contributed by atoms with Crippen molar-refractivity contribution in [1.29, 1.82) is 0 Å². The number of piperazine rings is 1. The van der Waals surface area contributed by atoms with Crippen molar-refractivity contribution in [2.75, 3.05) is 26.2 Å². The van der Waals surface area contributed by atoms with E-state index in [4.69, 9.17) is 0 Å². The number of rotatable bonds is 5. The molecule has 13 heavy (non-hydrogen) atoms. The highest BCUT2D eigenvalue weighted by Gasteiger charge is 2.17. The van der Waals surface area contributed by atoms with Gasteiger partial charge in [-0.25, -0.2) is 0 Å². The maximum absolute atomic E-state index is 3.58. The van der Waals surface area contributed by atoms with Crippen LogP contribution in [0.5, 0.6) is 0 Å². The molecule has 78 valence electrons. The molecule has 0 saturated carbocycles. The molecule has 1 rings (SSSR count). The first-order valence-electron chi connectivity index (χ1n) is 5.82. The van der Waals surface area contributed by atoms with E-state index >= 15 is 0 Å². The van der Waals surface area contributed by atoms with E-state index < -0.39 is 0 Å². The van der Waals surface area contributed by atoms with Gasteiger partial charge in [-0.2, -0.15) is 0 Å². The Labute approximate surface area is 82.7 Å². The molecule has 0 aromatic heterocycles. The van der Waals surface area contributed by atoms with Gasteiger partial charge in [-0.1, -0.05) is 26.7 Å². The Morgan fingerprint density at radius 2 is 2.15 bits per heavy atom. The van der Waals surface area contributed by atoms with Gasteiger partial charge in [0.1, 0.15) is 0 Å². The van der Waals surface area contributed by atoms with Crippen LogP contribution in [0.4, 0.5) is 0 Å². The number of hydrogen-bond acceptors (Lipinski definition) is 2. The molecule has 0 spiro atoms. The predicted octanol–water partition coefficient (Wildman–Crippen LogP) is 1.86. The molecule has 1 heterocycles. The van der Waals surface area contributed by atoms with E-state index in [9.17, 15) is 0 Å². The van der Waals surface area contributed by atoms with Crippen LogP contribution in [0.1, 0.15) is 39.5 Å². The Bertz CT molecular complexity index is 123. The predicted molar refractivity (Wildman–Crippen MR) is 58.0 cm³/mol. The fourth-order valence-electron chi connectivity index (χ4n) is 2.02. The van der Waals surface area contributed by atoms with Gasteiger partial charge in [0.15, 0.2) is 0 Å². The maximum atomic E-state index is 3.58. The van der Waals surface area contributed by atoms with Crippen LogP contribution in [0.2, 0.25) is 0 Å². The van der Waals surface area contributed by atoms with E-state index in [1.165, 1.54) is 51.9 Å². The lowest BCUT2D eigenvalue weighted by molar-refractivity contribution is 0.192. The van der Waals surface area contributed by atoms with Gasteiger partial charge >= 0.3 is 0 Å². The zero-order valence-corrected chi connectivity index (χ0v) is 9.18. The Morgan fingerprint density at radius 3 is 2.85 bits per heavy atom. The monoisotopic (exact) mass is 184 g/mol. The van der Waals surface area contributed by atoms with Crippen molar-refractivity contribution in [3.05, 3.63) is 0 Å². The summed E-state index contributed by atoms with van der Waals surface area (Å²) in [6.45, 7) is 9.55. The van der Waals surface area contributed by atoms with Gasteiger partial charge in [-0.05, 0) is 19.4 Å². The minimum absolute atomic E-state index is 0.760. The minimum atomic E-state index is 0.760. The molecule has 0 aliphatic carbocycles. The summed E-state index contributed by atoms with van der Waals surface area (Å²) in [6.07, 6.45) is 5.32. The molecule has 1 unspecified atom stereocenters. The molecular weight excluding hydrogens is 160 g/mol. The Hall–Kier alpha value is -0.0800. The van der Waals surface area contributed by atoms with Crippen LogP contribution < -0.4 is 5.32 Å². The molecule has 2 heteroatoms. The number of nitrogens with zero attached hydrogens (tertiary/aromatic N) is 1.